The third-order valence-corrected chi connectivity index (χ3v) is 1.91. The Hall–Kier alpha value is -0.580. The Bertz CT molecular complexity index is 150. The summed E-state index contributed by atoms with van der Waals surface area (Å²) in [6.07, 6.45) is 4.88. The molecule has 0 radical (unpaired) electrons. The monoisotopic (exact) mass is 201 g/mol. The summed E-state index contributed by atoms with van der Waals surface area (Å²) in [5, 5.41) is 6.28. The fraction of sp³-hybridized carbons (Fsp3) is 0.800. The van der Waals surface area contributed by atoms with Crippen molar-refractivity contribution in [3.05, 3.63) is 12.3 Å². The zero-order valence-electron chi connectivity index (χ0n) is 9.42. The van der Waals surface area contributed by atoms with E-state index in [1.165, 1.54) is 0 Å². The van der Waals surface area contributed by atoms with Crippen molar-refractivity contribution in [3.63, 3.8) is 0 Å². The molecule has 0 saturated carbocycles. The van der Waals surface area contributed by atoms with E-state index in [0.29, 0.717) is 12.6 Å². The largest absolute Gasteiger partial charge is 0.394 e. The van der Waals surface area contributed by atoms with Crippen LogP contribution in [0.25, 0.3) is 0 Å². The Morgan fingerprint density at radius 2 is 2.21 bits per heavy atom. The molecule has 0 aromatic heterocycles. The van der Waals surface area contributed by atoms with Crippen LogP contribution in [0.1, 0.15) is 13.3 Å². The molecule has 0 bridgehead atoms. The third-order valence-electron chi connectivity index (χ3n) is 1.91. The molecule has 4 heteroatoms. The first-order valence-electron chi connectivity index (χ1n) is 5.00. The minimum Gasteiger partial charge on any atom is -0.394 e. The number of hydrogen-bond donors (Lipinski definition) is 3. The average molecular weight is 201 g/mol. The molecule has 0 aromatic rings. The first kappa shape index (κ1) is 13.4. The molecular weight excluding hydrogens is 178 g/mol. The molecule has 0 heterocycles. The zero-order valence-corrected chi connectivity index (χ0v) is 9.42. The van der Waals surface area contributed by atoms with Crippen LogP contribution in [0.15, 0.2) is 12.3 Å². The second-order valence-electron chi connectivity index (χ2n) is 3.45. The van der Waals surface area contributed by atoms with E-state index in [1.807, 2.05) is 19.3 Å². The highest BCUT2D eigenvalue weighted by molar-refractivity contribution is 4.82. The maximum absolute atomic E-state index is 5.82. The molecule has 2 atom stereocenters. The topological polar surface area (TPSA) is 59.3 Å². The molecule has 14 heavy (non-hydrogen) atoms. The molecule has 4 N–H and O–H groups in total. The van der Waals surface area contributed by atoms with Gasteiger partial charge >= 0.3 is 0 Å². The third kappa shape index (κ3) is 8.04. The molecule has 4 nitrogen and oxygen atoms in total. The molecule has 84 valence electrons. The standard InChI is InChI=1S/C10H23N3O/c1-9(7-10(11)8-14-3)13-6-4-5-12-2/h4-5,9-10,12-13H,6-8,11H2,1-3H3/b5-4+/t9-,10-/m0/s1. The Morgan fingerprint density at radius 1 is 1.50 bits per heavy atom. The van der Waals surface area contributed by atoms with Gasteiger partial charge in [-0.15, -0.1) is 0 Å². The first-order chi connectivity index (χ1) is 6.70. The maximum atomic E-state index is 5.82. The van der Waals surface area contributed by atoms with Crippen LogP contribution in [0, 0.1) is 0 Å². The summed E-state index contributed by atoms with van der Waals surface area (Å²) in [5.74, 6) is 0. The molecule has 0 fully saturated rings. The van der Waals surface area contributed by atoms with Crippen molar-refractivity contribution in [1.29, 1.82) is 0 Å². The van der Waals surface area contributed by atoms with Gasteiger partial charge in [-0.25, -0.2) is 0 Å². The molecule has 0 saturated heterocycles. The lowest BCUT2D eigenvalue weighted by atomic mass is 10.1. The molecule has 0 spiro atoms. The zero-order chi connectivity index (χ0) is 10.8. The van der Waals surface area contributed by atoms with Crippen LogP contribution < -0.4 is 16.4 Å². The second-order valence-corrected chi connectivity index (χ2v) is 3.45. The van der Waals surface area contributed by atoms with E-state index in [-0.39, 0.29) is 6.04 Å². The van der Waals surface area contributed by atoms with E-state index in [0.717, 1.165) is 13.0 Å². The normalized spacial score (nSPS) is 15.7. The van der Waals surface area contributed by atoms with Crippen LogP contribution in [-0.4, -0.2) is 39.4 Å². The van der Waals surface area contributed by atoms with Gasteiger partial charge in [0.15, 0.2) is 0 Å². The van der Waals surface area contributed by atoms with Gasteiger partial charge < -0.3 is 21.1 Å². The van der Waals surface area contributed by atoms with Crippen molar-refractivity contribution >= 4 is 0 Å². The lowest BCUT2D eigenvalue weighted by molar-refractivity contribution is 0.173. The average Bonchev–Trinajstić information content (AvgIpc) is 2.13. The number of methoxy groups -OCH3 is 1. The number of nitrogens with two attached hydrogens (primary N) is 1. The van der Waals surface area contributed by atoms with Gasteiger partial charge in [0.05, 0.1) is 6.61 Å². The van der Waals surface area contributed by atoms with Gasteiger partial charge in [-0.3, -0.25) is 0 Å². The predicted molar refractivity (Wildman–Crippen MR) is 60.1 cm³/mol. The van der Waals surface area contributed by atoms with E-state index in [1.54, 1.807) is 7.11 Å². The van der Waals surface area contributed by atoms with Crippen molar-refractivity contribution in [2.24, 2.45) is 5.73 Å². The second kappa shape index (κ2) is 8.99. The van der Waals surface area contributed by atoms with E-state index in [9.17, 15) is 0 Å². The summed E-state index contributed by atoms with van der Waals surface area (Å²) < 4.78 is 4.97. The van der Waals surface area contributed by atoms with Crippen LogP contribution in [0.5, 0.6) is 0 Å². The minimum absolute atomic E-state index is 0.121. The smallest absolute Gasteiger partial charge is 0.0614 e. The Labute approximate surface area is 86.9 Å². The first-order valence-corrected chi connectivity index (χ1v) is 5.00. The van der Waals surface area contributed by atoms with Crippen LogP contribution in [0.2, 0.25) is 0 Å². The Balaban J connectivity index is 3.44. The van der Waals surface area contributed by atoms with Crippen LogP contribution in [-0.2, 0) is 4.74 Å². The quantitative estimate of drug-likeness (QED) is 0.520. The summed E-state index contributed by atoms with van der Waals surface area (Å²) in [7, 11) is 3.56. The highest BCUT2D eigenvalue weighted by Crippen LogP contribution is 1.95. The lowest BCUT2D eigenvalue weighted by Gasteiger charge is -2.17. The number of ether oxygens (including phenoxy) is 1. The number of hydrogen-bond acceptors (Lipinski definition) is 4. The summed E-state index contributed by atoms with van der Waals surface area (Å²) in [6.45, 7) is 3.61. The number of nitrogens with one attached hydrogen (secondary N) is 2. The summed E-state index contributed by atoms with van der Waals surface area (Å²) in [5.41, 5.74) is 5.82. The van der Waals surface area contributed by atoms with E-state index >= 15 is 0 Å². The SMILES string of the molecule is CN/C=C/CN[C@@H](C)C[C@H](N)COC. The van der Waals surface area contributed by atoms with E-state index < -0.39 is 0 Å². The van der Waals surface area contributed by atoms with Gasteiger partial charge in [0.1, 0.15) is 0 Å². The van der Waals surface area contributed by atoms with Gasteiger partial charge in [-0.1, -0.05) is 6.08 Å². The number of rotatable bonds is 8. The van der Waals surface area contributed by atoms with Gasteiger partial charge in [-0.05, 0) is 19.5 Å². The highest BCUT2D eigenvalue weighted by Gasteiger charge is 2.06. The molecule has 0 amide bonds. The fourth-order valence-corrected chi connectivity index (χ4v) is 1.27. The molecule has 0 aliphatic carbocycles. The summed E-state index contributed by atoms with van der Waals surface area (Å²) in [6, 6.07) is 0.539. The predicted octanol–water partition coefficient (Wildman–Crippen LogP) is 0.0614. The molecular formula is C10H23N3O. The van der Waals surface area contributed by atoms with Crippen molar-refractivity contribution in [2.45, 2.75) is 25.4 Å². The molecule has 0 rings (SSSR count). The summed E-state index contributed by atoms with van der Waals surface area (Å²) in [4.78, 5) is 0. The van der Waals surface area contributed by atoms with Crippen LogP contribution in [0.4, 0.5) is 0 Å². The van der Waals surface area contributed by atoms with E-state index in [4.69, 9.17) is 10.5 Å². The molecule has 0 aliphatic heterocycles. The Morgan fingerprint density at radius 3 is 2.79 bits per heavy atom. The molecule has 0 unspecified atom stereocenters. The summed E-state index contributed by atoms with van der Waals surface area (Å²) >= 11 is 0. The minimum atomic E-state index is 0.121. The van der Waals surface area contributed by atoms with Gasteiger partial charge in [0.25, 0.3) is 0 Å². The van der Waals surface area contributed by atoms with Crippen molar-refractivity contribution < 1.29 is 4.74 Å². The van der Waals surface area contributed by atoms with Gasteiger partial charge in [-0.2, -0.15) is 0 Å². The van der Waals surface area contributed by atoms with Crippen LogP contribution >= 0.6 is 0 Å². The molecule has 0 aliphatic rings. The highest BCUT2D eigenvalue weighted by atomic mass is 16.5. The van der Waals surface area contributed by atoms with E-state index in [2.05, 4.69) is 17.6 Å². The van der Waals surface area contributed by atoms with Crippen LogP contribution in [0.3, 0.4) is 0 Å². The van der Waals surface area contributed by atoms with Gasteiger partial charge in [0, 0.05) is 32.8 Å². The van der Waals surface area contributed by atoms with Crippen molar-refractivity contribution in [3.8, 4) is 0 Å². The van der Waals surface area contributed by atoms with Gasteiger partial charge in [0.2, 0.25) is 0 Å². The molecule has 0 aromatic carbocycles. The lowest BCUT2D eigenvalue weighted by Crippen LogP contribution is -2.36. The fourth-order valence-electron chi connectivity index (χ4n) is 1.27. The van der Waals surface area contributed by atoms with Crippen molar-refractivity contribution in [1.82, 2.24) is 10.6 Å². The maximum Gasteiger partial charge on any atom is 0.0614 e. The van der Waals surface area contributed by atoms with Crippen molar-refractivity contribution in [2.75, 3.05) is 27.3 Å². The Kier molecular flexibility index (Phi) is 8.62.